The summed E-state index contributed by atoms with van der Waals surface area (Å²) in [6, 6.07) is 2.07. The molecule has 2 aromatic heterocycles. The summed E-state index contributed by atoms with van der Waals surface area (Å²) in [5.41, 5.74) is 10.2. The zero-order valence-electron chi connectivity index (χ0n) is 10.2. The van der Waals surface area contributed by atoms with Gasteiger partial charge >= 0.3 is 0 Å². The Labute approximate surface area is 109 Å². The van der Waals surface area contributed by atoms with Crippen LogP contribution in [-0.4, -0.2) is 9.97 Å². The molecule has 0 spiro atoms. The summed E-state index contributed by atoms with van der Waals surface area (Å²) in [5.74, 6) is 0. The summed E-state index contributed by atoms with van der Waals surface area (Å²) in [5, 5.41) is 3.03. The zero-order valence-corrected chi connectivity index (χ0v) is 11.8. The third-order valence-electron chi connectivity index (χ3n) is 2.42. The number of nitrogens with zero attached hydrogens (tertiary/aromatic N) is 2. The molecule has 0 aromatic carbocycles. The van der Waals surface area contributed by atoms with Crippen LogP contribution in [0.3, 0.4) is 0 Å². The van der Waals surface area contributed by atoms with Gasteiger partial charge in [0.1, 0.15) is 5.03 Å². The number of rotatable bonds is 3. The summed E-state index contributed by atoms with van der Waals surface area (Å²) in [6.07, 6.45) is 0. The molecule has 2 aromatic rings. The number of hydrogen-bond donors (Lipinski definition) is 1. The summed E-state index contributed by atoms with van der Waals surface area (Å²) < 4.78 is 1.02. The predicted octanol–water partition coefficient (Wildman–Crippen LogP) is 3.07. The molecule has 0 atom stereocenters. The van der Waals surface area contributed by atoms with Gasteiger partial charge in [0, 0.05) is 28.9 Å². The Balaban J connectivity index is 2.37. The second kappa shape index (κ2) is 5.16. The van der Waals surface area contributed by atoms with Crippen molar-refractivity contribution in [3.8, 4) is 0 Å². The van der Waals surface area contributed by atoms with Crippen molar-refractivity contribution >= 4 is 23.1 Å². The van der Waals surface area contributed by atoms with Crippen LogP contribution in [0.4, 0.5) is 0 Å². The van der Waals surface area contributed by atoms with Crippen molar-refractivity contribution in [2.45, 2.75) is 36.7 Å². The first-order chi connectivity index (χ1) is 8.10. The third kappa shape index (κ3) is 2.86. The lowest BCUT2D eigenvalue weighted by Gasteiger charge is -2.09. The fourth-order valence-electron chi connectivity index (χ4n) is 1.62. The molecule has 2 heterocycles. The van der Waals surface area contributed by atoms with Gasteiger partial charge in [0.25, 0.3) is 0 Å². The van der Waals surface area contributed by atoms with Gasteiger partial charge in [0.15, 0.2) is 4.34 Å². The molecule has 5 heteroatoms. The summed E-state index contributed by atoms with van der Waals surface area (Å²) in [4.78, 5) is 9.00. The first kappa shape index (κ1) is 12.5. The molecule has 0 fully saturated rings. The van der Waals surface area contributed by atoms with E-state index in [1.165, 1.54) is 5.56 Å². The van der Waals surface area contributed by atoms with Crippen LogP contribution in [0.5, 0.6) is 0 Å². The smallest absolute Gasteiger partial charge is 0.156 e. The van der Waals surface area contributed by atoms with E-state index in [1.54, 1.807) is 23.1 Å². The molecule has 0 aliphatic heterocycles. The molecule has 0 aliphatic carbocycles. The van der Waals surface area contributed by atoms with Crippen molar-refractivity contribution in [3.05, 3.63) is 34.0 Å². The van der Waals surface area contributed by atoms with Crippen LogP contribution >= 0.6 is 23.1 Å². The maximum atomic E-state index is 5.79. The lowest BCUT2D eigenvalue weighted by Crippen LogP contribution is -2.04. The average molecular weight is 265 g/mol. The van der Waals surface area contributed by atoms with Gasteiger partial charge in [0.05, 0.1) is 0 Å². The van der Waals surface area contributed by atoms with E-state index in [1.807, 2.05) is 19.2 Å². The number of aromatic nitrogens is 2. The maximum Gasteiger partial charge on any atom is 0.156 e. The van der Waals surface area contributed by atoms with Crippen LogP contribution < -0.4 is 5.73 Å². The van der Waals surface area contributed by atoms with E-state index < -0.39 is 0 Å². The first-order valence-electron chi connectivity index (χ1n) is 5.37. The SMILES string of the molecule is Cc1csc(Sc2nc(C)cc(C)c2CN)n1. The van der Waals surface area contributed by atoms with E-state index in [0.29, 0.717) is 6.54 Å². The van der Waals surface area contributed by atoms with Crippen LogP contribution in [0, 0.1) is 20.8 Å². The van der Waals surface area contributed by atoms with E-state index in [-0.39, 0.29) is 0 Å². The fraction of sp³-hybridized carbons (Fsp3) is 0.333. The number of hydrogen-bond acceptors (Lipinski definition) is 5. The van der Waals surface area contributed by atoms with Crippen LogP contribution in [0.15, 0.2) is 20.8 Å². The molecule has 90 valence electrons. The molecule has 2 rings (SSSR count). The Hall–Kier alpha value is -0.910. The maximum absolute atomic E-state index is 5.79. The molecule has 0 aliphatic rings. The van der Waals surface area contributed by atoms with Gasteiger partial charge in [-0.3, -0.25) is 0 Å². The molecule has 0 saturated heterocycles. The van der Waals surface area contributed by atoms with Gasteiger partial charge in [-0.2, -0.15) is 0 Å². The third-order valence-corrected chi connectivity index (χ3v) is 4.51. The van der Waals surface area contributed by atoms with Crippen molar-refractivity contribution < 1.29 is 0 Å². The molecular weight excluding hydrogens is 250 g/mol. The van der Waals surface area contributed by atoms with Gasteiger partial charge < -0.3 is 5.73 Å². The van der Waals surface area contributed by atoms with Crippen LogP contribution in [-0.2, 0) is 6.54 Å². The van der Waals surface area contributed by atoms with Gasteiger partial charge in [-0.15, -0.1) is 11.3 Å². The highest BCUT2D eigenvalue weighted by atomic mass is 32.2. The lowest BCUT2D eigenvalue weighted by atomic mass is 10.1. The van der Waals surface area contributed by atoms with Gasteiger partial charge in [-0.25, -0.2) is 9.97 Å². The summed E-state index contributed by atoms with van der Waals surface area (Å²) in [7, 11) is 0. The predicted molar refractivity (Wildman–Crippen MR) is 72.6 cm³/mol. The highest BCUT2D eigenvalue weighted by Gasteiger charge is 2.11. The Morgan fingerprint density at radius 2 is 2.00 bits per heavy atom. The molecule has 0 bridgehead atoms. The highest BCUT2D eigenvalue weighted by molar-refractivity contribution is 8.01. The van der Waals surface area contributed by atoms with E-state index in [0.717, 1.165) is 26.3 Å². The quantitative estimate of drug-likeness (QED) is 0.926. The highest BCUT2D eigenvalue weighted by Crippen LogP contribution is 2.32. The first-order valence-corrected chi connectivity index (χ1v) is 7.07. The molecule has 0 saturated carbocycles. The molecule has 0 unspecified atom stereocenters. The average Bonchev–Trinajstić information content (AvgIpc) is 2.63. The van der Waals surface area contributed by atoms with Crippen molar-refractivity contribution in [3.63, 3.8) is 0 Å². The summed E-state index contributed by atoms with van der Waals surface area (Å²) in [6.45, 7) is 6.60. The van der Waals surface area contributed by atoms with Crippen molar-refractivity contribution in [2.75, 3.05) is 0 Å². The molecule has 0 radical (unpaired) electrons. The lowest BCUT2D eigenvalue weighted by molar-refractivity contribution is 0.921. The largest absolute Gasteiger partial charge is 0.326 e. The molecule has 17 heavy (non-hydrogen) atoms. The number of thiazole rings is 1. The second-order valence-electron chi connectivity index (χ2n) is 3.93. The van der Waals surface area contributed by atoms with Gasteiger partial charge in [-0.05, 0) is 44.2 Å². The topological polar surface area (TPSA) is 51.8 Å². The Morgan fingerprint density at radius 1 is 1.24 bits per heavy atom. The van der Waals surface area contributed by atoms with Crippen molar-refractivity contribution in [2.24, 2.45) is 5.73 Å². The molecule has 2 N–H and O–H groups in total. The van der Waals surface area contributed by atoms with Crippen LogP contribution in [0.25, 0.3) is 0 Å². The van der Waals surface area contributed by atoms with E-state index >= 15 is 0 Å². The zero-order chi connectivity index (χ0) is 12.4. The van der Waals surface area contributed by atoms with E-state index in [4.69, 9.17) is 5.73 Å². The Bertz CT molecular complexity index is 535. The monoisotopic (exact) mass is 265 g/mol. The van der Waals surface area contributed by atoms with E-state index in [2.05, 4.69) is 23.0 Å². The Kier molecular flexibility index (Phi) is 3.81. The minimum Gasteiger partial charge on any atom is -0.326 e. The minimum absolute atomic E-state index is 0.520. The molecular formula is C12H15N3S2. The number of nitrogens with two attached hydrogens (primary N) is 1. The normalized spacial score (nSPS) is 10.8. The standard InChI is InChI=1S/C12H15N3S2/c1-7-4-8(2)14-11(10(7)5-13)17-12-15-9(3)6-16-12/h4,6H,5,13H2,1-3H3. The van der Waals surface area contributed by atoms with Crippen molar-refractivity contribution in [1.82, 2.24) is 9.97 Å². The van der Waals surface area contributed by atoms with Crippen LogP contribution in [0.2, 0.25) is 0 Å². The number of aryl methyl sites for hydroxylation is 3. The van der Waals surface area contributed by atoms with Gasteiger partial charge in [-0.1, -0.05) is 0 Å². The van der Waals surface area contributed by atoms with E-state index in [9.17, 15) is 0 Å². The molecule has 0 amide bonds. The van der Waals surface area contributed by atoms with Crippen molar-refractivity contribution in [1.29, 1.82) is 0 Å². The summed E-state index contributed by atoms with van der Waals surface area (Å²) >= 11 is 3.25. The fourth-order valence-corrected chi connectivity index (χ4v) is 3.63. The van der Waals surface area contributed by atoms with Crippen LogP contribution in [0.1, 0.15) is 22.5 Å². The number of pyridine rings is 1. The second-order valence-corrected chi connectivity index (χ2v) is 6.02. The van der Waals surface area contributed by atoms with Gasteiger partial charge in [0.2, 0.25) is 0 Å². The Morgan fingerprint density at radius 3 is 2.59 bits per heavy atom. The molecule has 3 nitrogen and oxygen atoms in total. The minimum atomic E-state index is 0.520.